The minimum atomic E-state index is -1.35. The first-order chi connectivity index (χ1) is 12.8. The van der Waals surface area contributed by atoms with E-state index in [0.717, 1.165) is 18.2 Å². The Kier molecular flexibility index (Phi) is 6.83. The first-order valence-electron chi connectivity index (χ1n) is 8.42. The van der Waals surface area contributed by atoms with E-state index in [0.29, 0.717) is 39.0 Å². The highest BCUT2D eigenvalue weighted by Gasteiger charge is 2.25. The molecular formula is C17H21N3O7. The number of non-ortho nitro benzene ring substituents is 1. The number of aromatic carboxylic acids is 1. The molecule has 1 saturated heterocycles. The predicted molar refractivity (Wildman–Crippen MR) is 93.6 cm³/mol. The van der Waals surface area contributed by atoms with E-state index in [1.807, 2.05) is 0 Å². The van der Waals surface area contributed by atoms with Crippen LogP contribution in [-0.2, 0) is 9.53 Å². The first-order valence-corrected chi connectivity index (χ1v) is 8.42. The Morgan fingerprint density at radius 1 is 1.26 bits per heavy atom. The number of nitro groups is 1. The highest BCUT2D eigenvalue weighted by Crippen LogP contribution is 2.19. The zero-order valence-corrected chi connectivity index (χ0v) is 14.8. The Hall–Kier alpha value is -3.01. The van der Waals surface area contributed by atoms with Gasteiger partial charge < -0.3 is 20.1 Å². The van der Waals surface area contributed by atoms with E-state index < -0.39 is 22.5 Å². The third kappa shape index (κ3) is 5.48. The Balaban J connectivity index is 1.99. The molecule has 27 heavy (non-hydrogen) atoms. The molecular weight excluding hydrogens is 358 g/mol. The number of piperidine rings is 1. The van der Waals surface area contributed by atoms with Crippen molar-refractivity contribution in [3.8, 4) is 0 Å². The van der Waals surface area contributed by atoms with Crippen LogP contribution in [0.25, 0.3) is 0 Å². The minimum Gasteiger partial charge on any atom is -0.478 e. The van der Waals surface area contributed by atoms with Crippen molar-refractivity contribution in [2.75, 3.05) is 26.8 Å². The number of carbonyl (C=O) groups is 3. The number of hydrogen-bond donors (Lipinski definition) is 2. The summed E-state index contributed by atoms with van der Waals surface area (Å²) in [4.78, 5) is 47.4. The monoisotopic (exact) mass is 379 g/mol. The maximum absolute atomic E-state index is 12.4. The molecule has 0 spiro atoms. The molecule has 2 N–H and O–H groups in total. The number of ether oxygens (including phenoxy) is 1. The van der Waals surface area contributed by atoms with Crippen molar-refractivity contribution < 1.29 is 29.2 Å². The third-order valence-corrected chi connectivity index (χ3v) is 4.34. The fourth-order valence-electron chi connectivity index (χ4n) is 2.86. The summed E-state index contributed by atoms with van der Waals surface area (Å²) >= 11 is 0. The van der Waals surface area contributed by atoms with Crippen LogP contribution in [0.3, 0.4) is 0 Å². The maximum atomic E-state index is 12.4. The highest BCUT2D eigenvalue weighted by molar-refractivity contribution is 5.98. The van der Waals surface area contributed by atoms with Gasteiger partial charge in [0.15, 0.2) is 0 Å². The van der Waals surface area contributed by atoms with Crippen molar-refractivity contribution in [1.29, 1.82) is 0 Å². The second-order valence-corrected chi connectivity index (χ2v) is 6.20. The fourth-order valence-corrected chi connectivity index (χ4v) is 2.86. The van der Waals surface area contributed by atoms with Crippen LogP contribution in [0.2, 0.25) is 0 Å². The highest BCUT2D eigenvalue weighted by atomic mass is 16.6. The number of nitro benzene ring substituents is 1. The average Bonchev–Trinajstić information content (AvgIpc) is 2.66. The quantitative estimate of drug-likeness (QED) is 0.533. The van der Waals surface area contributed by atoms with Crippen LogP contribution in [0, 0.1) is 10.1 Å². The van der Waals surface area contributed by atoms with E-state index >= 15 is 0 Å². The Morgan fingerprint density at radius 2 is 1.89 bits per heavy atom. The van der Waals surface area contributed by atoms with E-state index in [1.165, 1.54) is 7.11 Å². The normalized spacial score (nSPS) is 14.6. The minimum absolute atomic E-state index is 0.00795. The van der Waals surface area contributed by atoms with Crippen LogP contribution in [0.4, 0.5) is 5.69 Å². The molecule has 0 saturated carbocycles. The molecule has 10 nitrogen and oxygen atoms in total. The molecule has 0 unspecified atom stereocenters. The van der Waals surface area contributed by atoms with E-state index in [-0.39, 0.29) is 23.1 Å². The standard InChI is InChI=1S/C17H21N3O7/c1-27-7-4-15(21)19-5-2-13(3-6-19)18-16(22)11-8-12(17(23)24)10-14(9-11)20(25)26/h8-10,13H,2-7H2,1H3,(H,18,22)(H,23,24). The lowest BCUT2D eigenvalue weighted by atomic mass is 10.0. The lowest BCUT2D eigenvalue weighted by Gasteiger charge is -2.32. The summed E-state index contributed by atoms with van der Waals surface area (Å²) in [6.07, 6.45) is 1.40. The molecule has 10 heteroatoms. The predicted octanol–water partition coefficient (Wildman–Crippen LogP) is 1.05. The molecule has 0 aliphatic carbocycles. The van der Waals surface area contributed by atoms with Gasteiger partial charge in [-0.05, 0) is 18.9 Å². The molecule has 0 aromatic heterocycles. The third-order valence-electron chi connectivity index (χ3n) is 4.34. The molecule has 0 radical (unpaired) electrons. The molecule has 2 rings (SSSR count). The van der Waals surface area contributed by atoms with Crippen LogP contribution in [0.1, 0.15) is 40.0 Å². The van der Waals surface area contributed by atoms with Crippen molar-refractivity contribution >= 4 is 23.5 Å². The van der Waals surface area contributed by atoms with Gasteiger partial charge in [0.1, 0.15) is 0 Å². The molecule has 1 aromatic rings. The van der Waals surface area contributed by atoms with E-state index in [4.69, 9.17) is 9.84 Å². The van der Waals surface area contributed by atoms with E-state index in [9.17, 15) is 24.5 Å². The Morgan fingerprint density at radius 3 is 2.44 bits per heavy atom. The van der Waals surface area contributed by atoms with Gasteiger partial charge in [-0.3, -0.25) is 19.7 Å². The zero-order valence-electron chi connectivity index (χ0n) is 14.8. The Labute approximate surface area is 155 Å². The van der Waals surface area contributed by atoms with Crippen molar-refractivity contribution in [3.63, 3.8) is 0 Å². The molecule has 1 aromatic carbocycles. The van der Waals surface area contributed by atoms with E-state index in [2.05, 4.69) is 5.32 Å². The van der Waals surface area contributed by atoms with Crippen molar-refractivity contribution in [3.05, 3.63) is 39.4 Å². The van der Waals surface area contributed by atoms with Gasteiger partial charge in [0.2, 0.25) is 5.91 Å². The number of amides is 2. The largest absolute Gasteiger partial charge is 0.478 e. The number of carboxylic acids is 1. The molecule has 1 aliphatic rings. The summed E-state index contributed by atoms with van der Waals surface area (Å²) < 4.78 is 4.88. The molecule has 0 atom stereocenters. The van der Waals surface area contributed by atoms with Crippen molar-refractivity contribution in [1.82, 2.24) is 10.2 Å². The number of benzene rings is 1. The van der Waals surface area contributed by atoms with Crippen LogP contribution in [-0.4, -0.2) is 65.6 Å². The van der Waals surface area contributed by atoms with Crippen molar-refractivity contribution in [2.24, 2.45) is 0 Å². The van der Waals surface area contributed by atoms with Crippen LogP contribution < -0.4 is 5.32 Å². The van der Waals surface area contributed by atoms with Gasteiger partial charge in [-0.15, -0.1) is 0 Å². The summed E-state index contributed by atoms with van der Waals surface area (Å²) in [5.41, 5.74) is -0.869. The van der Waals surface area contributed by atoms with Gasteiger partial charge in [0.25, 0.3) is 11.6 Å². The second-order valence-electron chi connectivity index (χ2n) is 6.20. The number of hydrogen-bond acceptors (Lipinski definition) is 6. The molecule has 1 aliphatic heterocycles. The van der Waals surface area contributed by atoms with Gasteiger partial charge in [-0.25, -0.2) is 4.79 Å². The van der Waals surface area contributed by atoms with Crippen molar-refractivity contribution in [2.45, 2.75) is 25.3 Å². The summed E-state index contributed by atoms with van der Waals surface area (Å²) in [7, 11) is 1.53. The number of carbonyl (C=O) groups excluding carboxylic acids is 2. The number of nitrogens with zero attached hydrogens (tertiary/aromatic N) is 2. The second kappa shape index (κ2) is 9.08. The summed E-state index contributed by atoms with van der Waals surface area (Å²) in [5, 5.41) is 22.8. The number of likely N-dealkylation sites (tertiary alicyclic amines) is 1. The maximum Gasteiger partial charge on any atom is 0.335 e. The van der Waals surface area contributed by atoms with Crippen LogP contribution in [0.15, 0.2) is 18.2 Å². The smallest absolute Gasteiger partial charge is 0.335 e. The topological polar surface area (TPSA) is 139 Å². The number of carboxylic acid groups (broad SMARTS) is 1. The lowest BCUT2D eigenvalue weighted by Crippen LogP contribution is -2.46. The summed E-state index contributed by atoms with van der Waals surface area (Å²) in [6.45, 7) is 1.33. The van der Waals surface area contributed by atoms with Gasteiger partial charge >= 0.3 is 5.97 Å². The number of rotatable bonds is 7. The average molecular weight is 379 g/mol. The van der Waals surface area contributed by atoms with Gasteiger partial charge in [0, 0.05) is 43.9 Å². The van der Waals surface area contributed by atoms with E-state index in [1.54, 1.807) is 4.90 Å². The molecule has 1 fully saturated rings. The fraction of sp³-hybridized carbons (Fsp3) is 0.471. The van der Waals surface area contributed by atoms with Crippen LogP contribution >= 0.6 is 0 Å². The summed E-state index contributed by atoms with van der Waals surface area (Å²) in [6, 6.07) is 2.86. The number of methoxy groups -OCH3 is 1. The first kappa shape index (κ1) is 20.3. The molecule has 2 amide bonds. The SMILES string of the molecule is COCCC(=O)N1CCC(NC(=O)c2cc(C(=O)O)cc([N+](=O)[O-])c2)CC1. The Bertz CT molecular complexity index is 710. The lowest BCUT2D eigenvalue weighted by molar-refractivity contribution is -0.384. The zero-order chi connectivity index (χ0) is 20.0. The van der Waals surface area contributed by atoms with Gasteiger partial charge in [-0.1, -0.05) is 0 Å². The molecule has 146 valence electrons. The van der Waals surface area contributed by atoms with Gasteiger partial charge in [0.05, 0.1) is 23.5 Å². The van der Waals surface area contributed by atoms with Crippen LogP contribution in [0.5, 0.6) is 0 Å². The molecule has 1 heterocycles. The number of nitrogens with one attached hydrogen (secondary N) is 1. The molecule has 0 bridgehead atoms. The van der Waals surface area contributed by atoms with Gasteiger partial charge in [-0.2, -0.15) is 0 Å². The summed E-state index contributed by atoms with van der Waals surface area (Å²) in [5.74, 6) is -1.94.